The van der Waals surface area contributed by atoms with E-state index in [2.05, 4.69) is 4.98 Å². The van der Waals surface area contributed by atoms with Crippen molar-refractivity contribution in [1.82, 2.24) is 9.88 Å². The lowest BCUT2D eigenvalue weighted by Crippen LogP contribution is -2.31. The van der Waals surface area contributed by atoms with E-state index < -0.39 is 5.97 Å². The number of carboxylic acids is 1. The minimum atomic E-state index is -1.06. The van der Waals surface area contributed by atoms with Gasteiger partial charge in [-0.3, -0.25) is 9.78 Å². The Labute approximate surface area is 100 Å². The normalized spacial score (nSPS) is 10.4. The van der Waals surface area contributed by atoms with Crippen LogP contribution in [0.5, 0.6) is 0 Å². The maximum absolute atomic E-state index is 11.9. The van der Waals surface area contributed by atoms with Gasteiger partial charge in [-0.25, -0.2) is 4.79 Å². The van der Waals surface area contributed by atoms with Crippen molar-refractivity contribution >= 4 is 11.9 Å². The van der Waals surface area contributed by atoms with Crippen molar-refractivity contribution in [3.8, 4) is 0 Å². The fourth-order valence-corrected chi connectivity index (χ4v) is 1.51. The van der Waals surface area contributed by atoms with E-state index in [1.165, 1.54) is 18.3 Å². The lowest BCUT2D eigenvalue weighted by molar-refractivity contribution is 0.0696. The highest BCUT2D eigenvalue weighted by Crippen LogP contribution is 2.06. The van der Waals surface area contributed by atoms with Gasteiger partial charge in [0.1, 0.15) is 5.69 Å². The van der Waals surface area contributed by atoms with E-state index in [0.717, 1.165) is 0 Å². The number of hydrogen-bond acceptors (Lipinski definition) is 3. The molecule has 0 aromatic carbocycles. The van der Waals surface area contributed by atoms with E-state index in [4.69, 9.17) is 5.11 Å². The highest BCUT2D eigenvalue weighted by Gasteiger charge is 2.15. The summed E-state index contributed by atoms with van der Waals surface area (Å²) in [6.07, 6.45) is 1.33. The Morgan fingerprint density at radius 1 is 1.47 bits per heavy atom. The summed E-state index contributed by atoms with van der Waals surface area (Å²) in [6.45, 7) is 4.62. The topological polar surface area (TPSA) is 70.5 Å². The number of aromatic carboxylic acids is 1. The van der Waals surface area contributed by atoms with Crippen molar-refractivity contribution in [3.05, 3.63) is 29.6 Å². The summed E-state index contributed by atoms with van der Waals surface area (Å²) in [6, 6.07) is 2.66. The monoisotopic (exact) mass is 236 g/mol. The van der Waals surface area contributed by atoms with Crippen LogP contribution in [-0.4, -0.2) is 40.5 Å². The average molecular weight is 236 g/mol. The van der Waals surface area contributed by atoms with Gasteiger partial charge >= 0.3 is 5.97 Å². The number of carbonyl (C=O) groups is 2. The van der Waals surface area contributed by atoms with Gasteiger partial charge in [-0.15, -0.1) is 0 Å². The molecule has 5 heteroatoms. The van der Waals surface area contributed by atoms with E-state index in [-0.39, 0.29) is 17.2 Å². The zero-order valence-electron chi connectivity index (χ0n) is 10.2. The first-order valence-corrected chi connectivity index (χ1v) is 5.36. The second kappa shape index (κ2) is 5.43. The Morgan fingerprint density at radius 2 is 2.12 bits per heavy atom. The molecule has 17 heavy (non-hydrogen) atoms. The Hall–Kier alpha value is -1.91. The molecule has 1 N–H and O–H groups in total. The van der Waals surface area contributed by atoms with E-state index in [0.29, 0.717) is 12.5 Å². The Balaban J connectivity index is 2.89. The molecule has 0 spiro atoms. The molecule has 0 unspecified atom stereocenters. The van der Waals surface area contributed by atoms with Gasteiger partial charge in [-0.1, -0.05) is 13.8 Å². The lowest BCUT2D eigenvalue weighted by atomic mass is 10.2. The standard InChI is InChI=1S/C12H16N2O3/c1-8(2)7-14(3)11(15)10-6-9(12(16)17)4-5-13-10/h4-6,8H,7H2,1-3H3,(H,16,17). The van der Waals surface area contributed by atoms with E-state index >= 15 is 0 Å². The van der Waals surface area contributed by atoms with Crippen LogP contribution in [-0.2, 0) is 0 Å². The van der Waals surface area contributed by atoms with Gasteiger partial charge in [0.15, 0.2) is 0 Å². The molecule has 0 aliphatic heterocycles. The molecule has 0 saturated heterocycles. The molecular formula is C12H16N2O3. The fraction of sp³-hybridized carbons (Fsp3) is 0.417. The van der Waals surface area contributed by atoms with Crippen LogP contribution in [0.3, 0.4) is 0 Å². The number of nitrogens with zero attached hydrogens (tertiary/aromatic N) is 2. The summed E-state index contributed by atoms with van der Waals surface area (Å²) >= 11 is 0. The Morgan fingerprint density at radius 3 is 2.65 bits per heavy atom. The number of pyridine rings is 1. The highest BCUT2D eigenvalue weighted by molar-refractivity contribution is 5.95. The van der Waals surface area contributed by atoms with Gasteiger partial charge in [0.2, 0.25) is 0 Å². The van der Waals surface area contributed by atoms with Crippen LogP contribution in [0.15, 0.2) is 18.3 Å². The predicted molar refractivity (Wildman–Crippen MR) is 63.0 cm³/mol. The molecule has 1 amide bonds. The molecule has 1 rings (SSSR count). The van der Waals surface area contributed by atoms with Crippen LogP contribution < -0.4 is 0 Å². The summed E-state index contributed by atoms with van der Waals surface area (Å²) in [5.41, 5.74) is 0.231. The fourth-order valence-electron chi connectivity index (χ4n) is 1.51. The number of amides is 1. The zero-order chi connectivity index (χ0) is 13.0. The van der Waals surface area contributed by atoms with Crippen molar-refractivity contribution in [2.45, 2.75) is 13.8 Å². The maximum Gasteiger partial charge on any atom is 0.335 e. The first-order valence-electron chi connectivity index (χ1n) is 5.36. The lowest BCUT2D eigenvalue weighted by Gasteiger charge is -2.18. The minimum absolute atomic E-state index is 0.0706. The average Bonchev–Trinajstić information content (AvgIpc) is 2.27. The Bertz CT molecular complexity index is 430. The molecule has 0 radical (unpaired) electrons. The van der Waals surface area contributed by atoms with Gasteiger partial charge in [-0.2, -0.15) is 0 Å². The van der Waals surface area contributed by atoms with Crippen LogP contribution in [0.2, 0.25) is 0 Å². The molecule has 0 bridgehead atoms. The van der Waals surface area contributed by atoms with E-state index in [9.17, 15) is 9.59 Å². The molecule has 1 aromatic heterocycles. The van der Waals surface area contributed by atoms with Gasteiger partial charge < -0.3 is 10.0 Å². The first-order chi connectivity index (χ1) is 7.91. The van der Waals surface area contributed by atoms with Crippen LogP contribution in [0.25, 0.3) is 0 Å². The molecule has 1 aromatic rings. The van der Waals surface area contributed by atoms with E-state index in [1.54, 1.807) is 11.9 Å². The number of rotatable bonds is 4. The second-order valence-electron chi connectivity index (χ2n) is 4.31. The summed E-state index contributed by atoms with van der Waals surface area (Å²) in [5.74, 6) is -0.971. The molecule has 92 valence electrons. The van der Waals surface area contributed by atoms with Crippen molar-refractivity contribution in [2.24, 2.45) is 5.92 Å². The van der Waals surface area contributed by atoms with Gasteiger partial charge in [0, 0.05) is 19.8 Å². The van der Waals surface area contributed by atoms with Gasteiger partial charge in [-0.05, 0) is 18.1 Å². The third kappa shape index (κ3) is 3.55. The van der Waals surface area contributed by atoms with Crippen molar-refractivity contribution < 1.29 is 14.7 Å². The summed E-state index contributed by atoms with van der Waals surface area (Å²) < 4.78 is 0. The second-order valence-corrected chi connectivity index (χ2v) is 4.31. The SMILES string of the molecule is CC(C)CN(C)C(=O)c1cc(C(=O)O)ccn1. The van der Waals surface area contributed by atoms with Crippen LogP contribution >= 0.6 is 0 Å². The molecule has 1 heterocycles. The molecular weight excluding hydrogens is 220 g/mol. The largest absolute Gasteiger partial charge is 0.478 e. The highest BCUT2D eigenvalue weighted by atomic mass is 16.4. The number of hydrogen-bond donors (Lipinski definition) is 1. The van der Waals surface area contributed by atoms with Crippen molar-refractivity contribution in [2.75, 3.05) is 13.6 Å². The number of carboxylic acid groups (broad SMARTS) is 1. The predicted octanol–water partition coefficient (Wildman–Crippen LogP) is 1.51. The van der Waals surface area contributed by atoms with E-state index in [1.807, 2.05) is 13.8 Å². The molecule has 0 aliphatic rings. The third-order valence-electron chi connectivity index (χ3n) is 2.21. The van der Waals surface area contributed by atoms with Crippen molar-refractivity contribution in [3.63, 3.8) is 0 Å². The zero-order valence-corrected chi connectivity index (χ0v) is 10.2. The van der Waals surface area contributed by atoms with Crippen LogP contribution in [0, 0.1) is 5.92 Å². The summed E-state index contributed by atoms with van der Waals surface area (Å²) in [7, 11) is 1.68. The molecule has 0 aliphatic carbocycles. The van der Waals surface area contributed by atoms with Crippen LogP contribution in [0.1, 0.15) is 34.7 Å². The Kier molecular flexibility index (Phi) is 4.20. The number of carbonyl (C=O) groups excluding carboxylic acids is 1. The molecule has 5 nitrogen and oxygen atoms in total. The summed E-state index contributed by atoms with van der Waals surface area (Å²) in [4.78, 5) is 28.1. The molecule has 0 atom stereocenters. The quantitative estimate of drug-likeness (QED) is 0.860. The maximum atomic E-state index is 11.9. The molecule has 0 saturated carbocycles. The van der Waals surface area contributed by atoms with Gasteiger partial charge in [0.05, 0.1) is 5.56 Å². The number of aromatic nitrogens is 1. The van der Waals surface area contributed by atoms with Gasteiger partial charge in [0.25, 0.3) is 5.91 Å². The van der Waals surface area contributed by atoms with Crippen molar-refractivity contribution in [1.29, 1.82) is 0 Å². The first kappa shape index (κ1) is 13.2. The smallest absolute Gasteiger partial charge is 0.335 e. The summed E-state index contributed by atoms with van der Waals surface area (Å²) in [5, 5.41) is 8.82. The minimum Gasteiger partial charge on any atom is -0.478 e. The van der Waals surface area contributed by atoms with Crippen LogP contribution in [0.4, 0.5) is 0 Å². The molecule has 0 fully saturated rings. The third-order valence-corrected chi connectivity index (χ3v) is 2.21.